The van der Waals surface area contributed by atoms with E-state index in [1.165, 1.54) is 0 Å². The summed E-state index contributed by atoms with van der Waals surface area (Å²) in [7, 11) is 0. The number of nitrogens with zero attached hydrogens (tertiary/aromatic N) is 2. The molecule has 194 valence electrons. The van der Waals surface area contributed by atoms with Gasteiger partial charge in [0.2, 0.25) is 0 Å². The zero-order chi connectivity index (χ0) is 26.2. The molecule has 0 spiro atoms. The van der Waals surface area contributed by atoms with Crippen molar-refractivity contribution in [3.63, 3.8) is 0 Å². The molecule has 0 saturated heterocycles. The maximum absolute atomic E-state index is 12.3. The van der Waals surface area contributed by atoms with Crippen molar-refractivity contribution in [3.8, 4) is 5.75 Å². The SMILES string of the molecule is Cc1cc(OCCCn2c(CCCCCNC(=O)c3cccc(Cl)c3)nc3ccccc32)cc(C)c1Cl. The molecule has 0 aliphatic carbocycles. The summed E-state index contributed by atoms with van der Waals surface area (Å²) in [6.45, 7) is 6.11. The Bertz CT molecular complexity index is 1340. The van der Waals surface area contributed by atoms with E-state index in [4.69, 9.17) is 32.9 Å². The van der Waals surface area contributed by atoms with Gasteiger partial charge in [-0.2, -0.15) is 0 Å². The summed E-state index contributed by atoms with van der Waals surface area (Å²) < 4.78 is 8.34. The van der Waals surface area contributed by atoms with Gasteiger partial charge in [0.15, 0.2) is 0 Å². The summed E-state index contributed by atoms with van der Waals surface area (Å²) in [6, 6.07) is 19.3. The quantitative estimate of drug-likeness (QED) is 0.189. The predicted molar refractivity (Wildman–Crippen MR) is 152 cm³/mol. The van der Waals surface area contributed by atoms with Crippen LogP contribution >= 0.6 is 23.2 Å². The molecule has 0 aliphatic rings. The van der Waals surface area contributed by atoms with Crippen molar-refractivity contribution >= 4 is 40.1 Å². The number of hydrogen-bond acceptors (Lipinski definition) is 3. The van der Waals surface area contributed by atoms with Crippen molar-refractivity contribution < 1.29 is 9.53 Å². The first-order valence-corrected chi connectivity index (χ1v) is 13.6. The molecule has 7 heteroatoms. The van der Waals surface area contributed by atoms with Crippen molar-refractivity contribution in [3.05, 3.63) is 93.2 Å². The number of carbonyl (C=O) groups excluding carboxylic acids is 1. The number of carbonyl (C=O) groups is 1. The van der Waals surface area contributed by atoms with E-state index in [1.807, 2.05) is 32.0 Å². The molecule has 1 amide bonds. The number of ether oxygens (including phenoxy) is 1. The number of aryl methyl sites for hydroxylation is 4. The third kappa shape index (κ3) is 7.27. The third-order valence-electron chi connectivity index (χ3n) is 6.39. The fourth-order valence-electron chi connectivity index (χ4n) is 4.49. The first-order valence-electron chi connectivity index (χ1n) is 12.8. The van der Waals surface area contributed by atoms with Crippen LogP contribution in [0.4, 0.5) is 0 Å². The van der Waals surface area contributed by atoms with Gasteiger partial charge >= 0.3 is 0 Å². The van der Waals surface area contributed by atoms with E-state index < -0.39 is 0 Å². The van der Waals surface area contributed by atoms with Crippen LogP contribution in [0, 0.1) is 13.8 Å². The van der Waals surface area contributed by atoms with Crippen LogP contribution in [0.5, 0.6) is 5.75 Å². The van der Waals surface area contributed by atoms with Gasteiger partial charge in [-0.1, -0.05) is 47.8 Å². The maximum Gasteiger partial charge on any atom is 0.251 e. The molecule has 0 atom stereocenters. The van der Waals surface area contributed by atoms with Crippen molar-refractivity contribution in [1.82, 2.24) is 14.9 Å². The Balaban J connectivity index is 1.26. The number of fused-ring (bicyclic) bond motifs is 1. The lowest BCUT2D eigenvalue weighted by Crippen LogP contribution is -2.24. The van der Waals surface area contributed by atoms with Crippen LogP contribution < -0.4 is 10.1 Å². The van der Waals surface area contributed by atoms with Crippen molar-refractivity contribution in [2.24, 2.45) is 0 Å². The molecule has 37 heavy (non-hydrogen) atoms. The zero-order valence-corrected chi connectivity index (χ0v) is 22.9. The lowest BCUT2D eigenvalue weighted by Gasteiger charge is -2.12. The number of rotatable bonds is 12. The summed E-state index contributed by atoms with van der Waals surface area (Å²) in [5, 5.41) is 4.34. The van der Waals surface area contributed by atoms with E-state index in [1.54, 1.807) is 24.3 Å². The molecule has 0 fully saturated rings. The van der Waals surface area contributed by atoms with Crippen molar-refractivity contribution in [2.45, 2.75) is 52.5 Å². The van der Waals surface area contributed by atoms with Crippen LogP contribution in [-0.4, -0.2) is 28.6 Å². The number of nitrogens with one attached hydrogen (secondary N) is 1. The maximum atomic E-state index is 12.3. The second-order valence-corrected chi connectivity index (χ2v) is 10.1. The average molecular weight is 539 g/mol. The Morgan fingerprint density at radius 2 is 1.73 bits per heavy atom. The molecule has 0 aliphatic heterocycles. The van der Waals surface area contributed by atoms with Gasteiger partial charge in [-0.25, -0.2) is 4.98 Å². The molecule has 0 bridgehead atoms. The lowest BCUT2D eigenvalue weighted by atomic mass is 10.1. The van der Waals surface area contributed by atoms with Gasteiger partial charge in [-0.3, -0.25) is 4.79 Å². The Labute approximate surface area is 228 Å². The molecule has 1 aromatic heterocycles. The largest absolute Gasteiger partial charge is 0.494 e. The number of unbranched alkanes of at least 4 members (excludes halogenated alkanes) is 2. The van der Waals surface area contributed by atoms with Gasteiger partial charge in [-0.15, -0.1) is 0 Å². The van der Waals surface area contributed by atoms with Crippen molar-refractivity contribution in [1.29, 1.82) is 0 Å². The van der Waals surface area contributed by atoms with Crippen LogP contribution in [0.15, 0.2) is 60.7 Å². The molecule has 4 aromatic rings. The highest BCUT2D eigenvalue weighted by Crippen LogP contribution is 2.26. The predicted octanol–water partition coefficient (Wildman–Crippen LogP) is 7.57. The second kappa shape index (κ2) is 13.0. The standard InChI is InChI=1S/C30H33Cl2N3O2/c1-21-18-25(19-22(2)29(21)32)37-17-9-16-35-27-13-6-5-12-26(27)34-28(35)14-4-3-7-15-33-30(36)23-10-8-11-24(31)20-23/h5-6,8,10-13,18-20H,3-4,7,9,14-17H2,1-2H3,(H,33,36). The number of benzene rings is 3. The monoisotopic (exact) mass is 537 g/mol. The minimum absolute atomic E-state index is 0.0876. The molecule has 5 nitrogen and oxygen atoms in total. The van der Waals surface area contributed by atoms with Gasteiger partial charge in [0, 0.05) is 35.1 Å². The number of imidazole rings is 1. The minimum atomic E-state index is -0.0876. The van der Waals surface area contributed by atoms with Gasteiger partial charge in [0.1, 0.15) is 11.6 Å². The van der Waals surface area contributed by atoms with E-state index in [0.717, 1.165) is 77.4 Å². The summed E-state index contributed by atoms with van der Waals surface area (Å²) in [6.07, 6.45) is 4.71. The first-order chi connectivity index (χ1) is 17.9. The van der Waals surface area contributed by atoms with E-state index >= 15 is 0 Å². The van der Waals surface area contributed by atoms with Crippen LogP contribution in [0.1, 0.15) is 53.0 Å². The number of hydrogen-bond donors (Lipinski definition) is 1. The highest BCUT2D eigenvalue weighted by Gasteiger charge is 2.11. The minimum Gasteiger partial charge on any atom is -0.494 e. The lowest BCUT2D eigenvalue weighted by molar-refractivity contribution is 0.0953. The van der Waals surface area contributed by atoms with Gasteiger partial charge < -0.3 is 14.6 Å². The zero-order valence-electron chi connectivity index (χ0n) is 21.4. The highest BCUT2D eigenvalue weighted by molar-refractivity contribution is 6.32. The van der Waals surface area contributed by atoms with Crippen LogP contribution in [0.25, 0.3) is 11.0 Å². The van der Waals surface area contributed by atoms with Crippen molar-refractivity contribution in [2.75, 3.05) is 13.2 Å². The molecule has 0 radical (unpaired) electrons. The average Bonchev–Trinajstić information content (AvgIpc) is 3.24. The summed E-state index contributed by atoms with van der Waals surface area (Å²) in [5.74, 6) is 1.87. The highest BCUT2D eigenvalue weighted by atomic mass is 35.5. The Morgan fingerprint density at radius 3 is 2.51 bits per heavy atom. The molecule has 1 heterocycles. The summed E-state index contributed by atoms with van der Waals surface area (Å²) >= 11 is 12.3. The first kappa shape index (κ1) is 27.0. The van der Waals surface area contributed by atoms with Crippen LogP contribution in [-0.2, 0) is 13.0 Å². The molecular weight excluding hydrogens is 505 g/mol. The fourth-order valence-corrected chi connectivity index (χ4v) is 4.79. The fraction of sp³-hybridized carbons (Fsp3) is 0.333. The Kier molecular flexibility index (Phi) is 9.48. The van der Waals surface area contributed by atoms with E-state index in [0.29, 0.717) is 23.7 Å². The van der Waals surface area contributed by atoms with Crippen LogP contribution in [0.2, 0.25) is 10.0 Å². The number of halogens is 2. The molecule has 3 aromatic carbocycles. The Morgan fingerprint density at radius 1 is 0.946 bits per heavy atom. The van der Waals surface area contributed by atoms with Gasteiger partial charge in [0.25, 0.3) is 5.91 Å². The summed E-state index contributed by atoms with van der Waals surface area (Å²) in [4.78, 5) is 17.2. The van der Waals surface area contributed by atoms with Gasteiger partial charge in [0.05, 0.1) is 17.6 Å². The topological polar surface area (TPSA) is 56.1 Å². The van der Waals surface area contributed by atoms with E-state index in [-0.39, 0.29) is 5.91 Å². The van der Waals surface area contributed by atoms with E-state index in [2.05, 4.69) is 28.1 Å². The number of amides is 1. The summed E-state index contributed by atoms with van der Waals surface area (Å²) in [5.41, 5.74) is 4.83. The molecular formula is C30H33Cl2N3O2. The second-order valence-electron chi connectivity index (χ2n) is 9.32. The Hall–Kier alpha value is -3.02. The third-order valence-corrected chi connectivity index (χ3v) is 7.22. The van der Waals surface area contributed by atoms with Gasteiger partial charge in [-0.05, 0) is 86.7 Å². The molecule has 0 saturated carbocycles. The molecule has 4 rings (SSSR count). The van der Waals surface area contributed by atoms with Crippen LogP contribution in [0.3, 0.4) is 0 Å². The molecule has 1 N–H and O–H groups in total. The molecule has 0 unspecified atom stereocenters. The van der Waals surface area contributed by atoms with E-state index in [9.17, 15) is 4.79 Å². The number of aromatic nitrogens is 2. The number of para-hydroxylation sites is 2. The normalized spacial score (nSPS) is 11.1. The smallest absolute Gasteiger partial charge is 0.251 e.